The van der Waals surface area contributed by atoms with Gasteiger partial charge < -0.3 is 4.57 Å². The Morgan fingerprint density at radius 1 is 1.17 bits per heavy atom. The highest BCUT2D eigenvalue weighted by molar-refractivity contribution is 7.99. The quantitative estimate of drug-likeness (QED) is 0.527. The first-order valence-corrected chi connectivity index (χ1v) is 8.26. The average molecular weight is 338 g/mol. The van der Waals surface area contributed by atoms with E-state index in [1.807, 2.05) is 25.1 Å². The van der Waals surface area contributed by atoms with E-state index in [9.17, 15) is 0 Å². The summed E-state index contributed by atoms with van der Waals surface area (Å²) in [6.07, 6.45) is 5.00. The smallest absolute Gasteiger partial charge is 0.253 e. The Balaban J connectivity index is 1.77. The van der Waals surface area contributed by atoms with Crippen LogP contribution in [0.15, 0.2) is 47.1 Å². The molecule has 4 aromatic heterocycles. The van der Waals surface area contributed by atoms with E-state index in [2.05, 4.69) is 41.7 Å². The van der Waals surface area contributed by atoms with Crippen molar-refractivity contribution >= 4 is 17.5 Å². The SMILES string of the molecule is CCn1c(Sc2cc(C)nc3ncnn23)nnc1-c1ccncc1. The van der Waals surface area contributed by atoms with E-state index in [-0.39, 0.29) is 0 Å². The van der Waals surface area contributed by atoms with Gasteiger partial charge in [-0.1, -0.05) is 0 Å². The van der Waals surface area contributed by atoms with Gasteiger partial charge in [0.25, 0.3) is 5.78 Å². The molecule has 0 spiro atoms. The van der Waals surface area contributed by atoms with Crippen molar-refractivity contribution in [3.05, 3.63) is 42.6 Å². The van der Waals surface area contributed by atoms with Gasteiger partial charge >= 0.3 is 0 Å². The molecule has 120 valence electrons. The molecule has 0 saturated carbocycles. The molecule has 0 aliphatic rings. The summed E-state index contributed by atoms with van der Waals surface area (Å²) in [6, 6.07) is 5.82. The van der Waals surface area contributed by atoms with Gasteiger partial charge in [-0.2, -0.15) is 14.6 Å². The predicted molar refractivity (Wildman–Crippen MR) is 88.6 cm³/mol. The second-order valence-electron chi connectivity index (χ2n) is 5.10. The third-order valence-electron chi connectivity index (χ3n) is 3.51. The molecule has 0 unspecified atom stereocenters. The van der Waals surface area contributed by atoms with Crippen LogP contribution in [0.1, 0.15) is 12.6 Å². The van der Waals surface area contributed by atoms with Gasteiger partial charge in [-0.15, -0.1) is 10.2 Å². The molecule has 0 saturated heterocycles. The Labute approximate surface area is 142 Å². The van der Waals surface area contributed by atoms with Crippen LogP contribution in [-0.4, -0.2) is 39.3 Å². The van der Waals surface area contributed by atoms with Crippen LogP contribution in [0.25, 0.3) is 17.2 Å². The van der Waals surface area contributed by atoms with Crippen LogP contribution in [0.3, 0.4) is 0 Å². The minimum absolute atomic E-state index is 0.578. The van der Waals surface area contributed by atoms with Crippen molar-refractivity contribution in [2.75, 3.05) is 0 Å². The van der Waals surface area contributed by atoms with Crippen molar-refractivity contribution in [1.29, 1.82) is 0 Å². The molecule has 0 atom stereocenters. The molecule has 0 N–H and O–H groups in total. The lowest BCUT2D eigenvalue weighted by molar-refractivity contribution is 0.685. The largest absolute Gasteiger partial charge is 0.302 e. The van der Waals surface area contributed by atoms with E-state index in [0.29, 0.717) is 5.78 Å². The average Bonchev–Trinajstić information content (AvgIpc) is 3.22. The number of hydrogen-bond donors (Lipinski definition) is 0. The molecular weight excluding hydrogens is 324 g/mol. The fourth-order valence-corrected chi connectivity index (χ4v) is 3.47. The molecule has 0 bridgehead atoms. The van der Waals surface area contributed by atoms with Crippen LogP contribution in [0.5, 0.6) is 0 Å². The number of rotatable bonds is 4. The lowest BCUT2D eigenvalue weighted by Crippen LogP contribution is -2.02. The topological polar surface area (TPSA) is 86.7 Å². The zero-order chi connectivity index (χ0) is 16.5. The molecule has 9 heteroatoms. The van der Waals surface area contributed by atoms with Crippen molar-refractivity contribution in [3.63, 3.8) is 0 Å². The van der Waals surface area contributed by atoms with E-state index >= 15 is 0 Å². The molecule has 0 amide bonds. The lowest BCUT2D eigenvalue weighted by atomic mass is 10.2. The summed E-state index contributed by atoms with van der Waals surface area (Å²) in [6.45, 7) is 4.77. The fourth-order valence-electron chi connectivity index (χ4n) is 2.43. The van der Waals surface area contributed by atoms with E-state index in [0.717, 1.165) is 33.8 Å². The maximum Gasteiger partial charge on any atom is 0.253 e. The zero-order valence-corrected chi connectivity index (χ0v) is 14.0. The van der Waals surface area contributed by atoms with Gasteiger partial charge in [-0.05, 0) is 43.8 Å². The van der Waals surface area contributed by atoms with Crippen LogP contribution in [0.2, 0.25) is 0 Å². The second-order valence-corrected chi connectivity index (χ2v) is 6.08. The first kappa shape index (κ1) is 14.8. The third kappa shape index (κ3) is 2.52. The fraction of sp³-hybridized carbons (Fsp3) is 0.200. The van der Waals surface area contributed by atoms with Crippen molar-refractivity contribution in [2.24, 2.45) is 0 Å². The number of aryl methyl sites for hydroxylation is 1. The maximum absolute atomic E-state index is 4.36. The molecule has 0 aromatic carbocycles. The van der Waals surface area contributed by atoms with E-state index in [1.54, 1.807) is 16.9 Å². The minimum atomic E-state index is 0.578. The first-order valence-electron chi connectivity index (χ1n) is 7.45. The highest BCUT2D eigenvalue weighted by Crippen LogP contribution is 2.29. The third-order valence-corrected chi connectivity index (χ3v) is 4.50. The minimum Gasteiger partial charge on any atom is -0.302 e. The van der Waals surface area contributed by atoms with Crippen molar-refractivity contribution in [3.8, 4) is 11.4 Å². The molecule has 4 rings (SSSR count). The molecule has 0 radical (unpaired) electrons. The van der Waals surface area contributed by atoms with Gasteiger partial charge in [0.2, 0.25) is 0 Å². The van der Waals surface area contributed by atoms with Gasteiger partial charge in [0, 0.05) is 30.2 Å². The van der Waals surface area contributed by atoms with Gasteiger partial charge in [-0.25, -0.2) is 4.98 Å². The standard InChI is InChI=1S/C15H14N8S/c1-3-22-13(11-4-6-16-7-5-11)20-21-15(22)24-12-8-10(2)19-14-17-9-18-23(12)14/h4-9H,3H2,1-2H3. The molecule has 4 heterocycles. The molecule has 0 aliphatic heterocycles. The van der Waals surface area contributed by atoms with Gasteiger partial charge in [0.15, 0.2) is 11.0 Å². The summed E-state index contributed by atoms with van der Waals surface area (Å²) in [7, 11) is 0. The van der Waals surface area contributed by atoms with Crippen LogP contribution in [-0.2, 0) is 6.54 Å². The molecule has 0 aliphatic carbocycles. The van der Waals surface area contributed by atoms with E-state index < -0.39 is 0 Å². The van der Waals surface area contributed by atoms with Gasteiger partial charge in [0.05, 0.1) is 0 Å². The Morgan fingerprint density at radius 3 is 2.79 bits per heavy atom. The summed E-state index contributed by atoms with van der Waals surface area (Å²) in [5.74, 6) is 1.40. The predicted octanol–water partition coefficient (Wildman–Crippen LogP) is 2.26. The molecular formula is C15H14N8S. The Hall–Kier alpha value is -2.81. The maximum atomic E-state index is 4.36. The zero-order valence-electron chi connectivity index (χ0n) is 13.2. The summed E-state index contributed by atoms with van der Waals surface area (Å²) in [5.41, 5.74) is 1.87. The van der Waals surface area contributed by atoms with Crippen LogP contribution >= 0.6 is 11.8 Å². The van der Waals surface area contributed by atoms with E-state index in [4.69, 9.17) is 0 Å². The summed E-state index contributed by atoms with van der Waals surface area (Å²) in [5, 5.41) is 14.6. The summed E-state index contributed by atoms with van der Waals surface area (Å²) < 4.78 is 3.77. The van der Waals surface area contributed by atoms with Crippen LogP contribution in [0, 0.1) is 6.92 Å². The highest BCUT2D eigenvalue weighted by atomic mass is 32.2. The summed E-state index contributed by atoms with van der Waals surface area (Å²) in [4.78, 5) is 12.6. The molecule has 24 heavy (non-hydrogen) atoms. The van der Waals surface area contributed by atoms with Gasteiger partial charge in [-0.3, -0.25) is 4.98 Å². The van der Waals surface area contributed by atoms with Crippen molar-refractivity contribution in [2.45, 2.75) is 30.6 Å². The monoisotopic (exact) mass is 338 g/mol. The van der Waals surface area contributed by atoms with Crippen molar-refractivity contribution in [1.82, 2.24) is 39.3 Å². The number of fused-ring (bicyclic) bond motifs is 1. The molecule has 4 aromatic rings. The second kappa shape index (κ2) is 6.00. The number of hydrogen-bond acceptors (Lipinski definition) is 7. The lowest BCUT2D eigenvalue weighted by Gasteiger charge is -2.08. The number of nitrogens with zero attached hydrogens (tertiary/aromatic N) is 8. The summed E-state index contributed by atoms with van der Waals surface area (Å²) >= 11 is 1.50. The number of aromatic nitrogens is 8. The molecule has 0 fully saturated rings. The van der Waals surface area contributed by atoms with Crippen molar-refractivity contribution < 1.29 is 0 Å². The Kier molecular flexibility index (Phi) is 3.69. The highest BCUT2D eigenvalue weighted by Gasteiger charge is 2.16. The normalized spacial score (nSPS) is 11.2. The number of pyridine rings is 1. The van der Waals surface area contributed by atoms with Crippen LogP contribution in [0.4, 0.5) is 0 Å². The van der Waals surface area contributed by atoms with Gasteiger partial charge in [0.1, 0.15) is 11.4 Å². The Morgan fingerprint density at radius 2 is 2.00 bits per heavy atom. The Bertz CT molecular complexity index is 991. The van der Waals surface area contributed by atoms with E-state index in [1.165, 1.54) is 18.1 Å². The molecule has 8 nitrogen and oxygen atoms in total. The first-order chi connectivity index (χ1) is 11.8. The van der Waals surface area contributed by atoms with Crippen LogP contribution < -0.4 is 0 Å².